The molecule has 0 unspecified atom stereocenters. The van der Waals surface area contributed by atoms with Gasteiger partial charge >= 0.3 is 0 Å². The fraction of sp³-hybridized carbons (Fsp3) is 0.500. The minimum atomic E-state index is 0.247. The highest BCUT2D eigenvalue weighted by molar-refractivity contribution is 5.56. The fourth-order valence-corrected chi connectivity index (χ4v) is 2.03. The van der Waals surface area contributed by atoms with E-state index in [0.717, 1.165) is 30.2 Å². The van der Waals surface area contributed by atoms with Gasteiger partial charge < -0.3 is 10.7 Å². The van der Waals surface area contributed by atoms with Crippen molar-refractivity contribution in [1.29, 1.82) is 0 Å². The molecule has 0 saturated carbocycles. The third-order valence-electron chi connectivity index (χ3n) is 3.28. The number of anilines is 2. The quantitative estimate of drug-likeness (QED) is 0.552. The van der Waals surface area contributed by atoms with Crippen LogP contribution in [0.3, 0.4) is 0 Å². The third kappa shape index (κ3) is 3.69. The fourth-order valence-electron chi connectivity index (χ4n) is 2.03. The van der Waals surface area contributed by atoms with Crippen molar-refractivity contribution in [1.82, 2.24) is 19.7 Å². The molecule has 2 heterocycles. The SMILES string of the molecule is Cc1c(NN)nc(C(C)C)nc1NCCc1cnn(C)c1. The second-order valence-corrected chi connectivity index (χ2v) is 5.40. The second kappa shape index (κ2) is 6.53. The molecule has 2 rings (SSSR count). The Kier molecular flexibility index (Phi) is 4.74. The van der Waals surface area contributed by atoms with Crippen molar-refractivity contribution in [2.24, 2.45) is 12.9 Å². The van der Waals surface area contributed by atoms with Gasteiger partial charge in [0.05, 0.1) is 6.20 Å². The van der Waals surface area contributed by atoms with Crippen molar-refractivity contribution >= 4 is 11.6 Å². The molecule has 0 fully saturated rings. The van der Waals surface area contributed by atoms with Crippen molar-refractivity contribution in [2.45, 2.75) is 33.1 Å². The summed E-state index contributed by atoms with van der Waals surface area (Å²) in [5.74, 6) is 8.04. The van der Waals surface area contributed by atoms with Crippen LogP contribution >= 0.6 is 0 Å². The van der Waals surface area contributed by atoms with Crippen LogP contribution in [0.2, 0.25) is 0 Å². The number of nitrogens with zero attached hydrogens (tertiary/aromatic N) is 4. The Morgan fingerprint density at radius 2 is 2.00 bits per heavy atom. The maximum atomic E-state index is 5.53. The summed E-state index contributed by atoms with van der Waals surface area (Å²) in [5.41, 5.74) is 4.75. The van der Waals surface area contributed by atoms with E-state index in [-0.39, 0.29) is 5.92 Å². The highest BCUT2D eigenvalue weighted by Crippen LogP contribution is 2.22. The topological polar surface area (TPSA) is 93.7 Å². The van der Waals surface area contributed by atoms with Gasteiger partial charge in [-0.15, -0.1) is 0 Å². The van der Waals surface area contributed by atoms with Gasteiger partial charge in [0.15, 0.2) is 0 Å². The Morgan fingerprint density at radius 3 is 2.57 bits per heavy atom. The zero-order valence-electron chi connectivity index (χ0n) is 13.0. The van der Waals surface area contributed by atoms with E-state index in [0.29, 0.717) is 5.82 Å². The Hall–Kier alpha value is -2.15. The van der Waals surface area contributed by atoms with Crippen molar-refractivity contribution in [3.8, 4) is 0 Å². The van der Waals surface area contributed by atoms with Gasteiger partial charge in [-0.05, 0) is 18.9 Å². The predicted molar refractivity (Wildman–Crippen MR) is 84.1 cm³/mol. The van der Waals surface area contributed by atoms with Crippen LogP contribution < -0.4 is 16.6 Å². The van der Waals surface area contributed by atoms with E-state index in [9.17, 15) is 0 Å². The Morgan fingerprint density at radius 1 is 1.29 bits per heavy atom. The van der Waals surface area contributed by atoms with E-state index in [1.807, 2.05) is 26.4 Å². The lowest BCUT2D eigenvalue weighted by Crippen LogP contribution is -2.16. The Labute approximate surface area is 124 Å². The molecule has 7 heteroatoms. The monoisotopic (exact) mass is 289 g/mol. The first-order chi connectivity index (χ1) is 10.0. The first kappa shape index (κ1) is 15.2. The molecular weight excluding hydrogens is 266 g/mol. The van der Waals surface area contributed by atoms with Gasteiger partial charge in [0, 0.05) is 31.3 Å². The summed E-state index contributed by atoms with van der Waals surface area (Å²) >= 11 is 0. The highest BCUT2D eigenvalue weighted by atomic mass is 15.3. The average Bonchev–Trinajstić information content (AvgIpc) is 2.86. The summed E-state index contributed by atoms with van der Waals surface area (Å²) in [4.78, 5) is 9.00. The second-order valence-electron chi connectivity index (χ2n) is 5.40. The number of rotatable bonds is 6. The summed E-state index contributed by atoms with van der Waals surface area (Å²) in [7, 11) is 1.92. The van der Waals surface area contributed by atoms with Gasteiger partial charge in [-0.3, -0.25) is 4.68 Å². The number of hydrogen-bond donors (Lipinski definition) is 3. The normalized spacial score (nSPS) is 11.0. The molecule has 114 valence electrons. The summed E-state index contributed by atoms with van der Waals surface area (Å²) in [6.07, 6.45) is 4.78. The molecule has 0 atom stereocenters. The van der Waals surface area contributed by atoms with Crippen molar-refractivity contribution in [2.75, 3.05) is 17.3 Å². The summed E-state index contributed by atoms with van der Waals surface area (Å²) in [6, 6.07) is 0. The van der Waals surface area contributed by atoms with Gasteiger partial charge in [0.25, 0.3) is 0 Å². The molecule has 0 bridgehead atoms. The van der Waals surface area contributed by atoms with Crippen LogP contribution in [0.1, 0.15) is 36.7 Å². The van der Waals surface area contributed by atoms with E-state index >= 15 is 0 Å². The van der Waals surface area contributed by atoms with Crippen LogP contribution in [0.5, 0.6) is 0 Å². The summed E-state index contributed by atoms with van der Waals surface area (Å²) in [6.45, 7) is 6.85. The lowest BCUT2D eigenvalue weighted by molar-refractivity contribution is 0.766. The number of nitrogen functional groups attached to an aromatic ring is 1. The zero-order valence-corrected chi connectivity index (χ0v) is 13.0. The smallest absolute Gasteiger partial charge is 0.148 e. The Balaban J connectivity index is 2.09. The van der Waals surface area contributed by atoms with Crippen LogP contribution in [-0.2, 0) is 13.5 Å². The lowest BCUT2D eigenvalue weighted by atomic mass is 10.2. The predicted octanol–water partition coefficient (Wildman–Crippen LogP) is 1.58. The maximum Gasteiger partial charge on any atom is 0.148 e. The van der Waals surface area contributed by atoms with Gasteiger partial charge in [0.2, 0.25) is 0 Å². The largest absolute Gasteiger partial charge is 0.369 e. The number of nitrogens with two attached hydrogens (primary N) is 1. The molecule has 21 heavy (non-hydrogen) atoms. The van der Waals surface area contributed by atoms with Crippen LogP contribution in [0.15, 0.2) is 12.4 Å². The van der Waals surface area contributed by atoms with Gasteiger partial charge in [-0.2, -0.15) is 5.10 Å². The van der Waals surface area contributed by atoms with E-state index in [2.05, 4.69) is 39.7 Å². The molecule has 0 saturated heterocycles. The molecule has 0 aliphatic heterocycles. The first-order valence-corrected chi connectivity index (χ1v) is 7.07. The van der Waals surface area contributed by atoms with E-state index in [4.69, 9.17) is 5.84 Å². The van der Waals surface area contributed by atoms with Crippen LogP contribution in [0.4, 0.5) is 11.6 Å². The molecule has 4 N–H and O–H groups in total. The van der Waals surface area contributed by atoms with E-state index in [1.54, 1.807) is 4.68 Å². The van der Waals surface area contributed by atoms with Crippen LogP contribution in [-0.4, -0.2) is 26.3 Å². The number of hydrazine groups is 1. The van der Waals surface area contributed by atoms with Crippen molar-refractivity contribution in [3.05, 3.63) is 29.3 Å². The molecular formula is C14H23N7. The minimum absolute atomic E-state index is 0.247. The van der Waals surface area contributed by atoms with E-state index in [1.165, 1.54) is 5.56 Å². The van der Waals surface area contributed by atoms with Crippen molar-refractivity contribution in [3.63, 3.8) is 0 Å². The molecule has 0 amide bonds. The zero-order chi connectivity index (χ0) is 15.4. The molecule has 0 aliphatic carbocycles. The molecule has 2 aromatic heterocycles. The van der Waals surface area contributed by atoms with Gasteiger partial charge in [0.1, 0.15) is 17.5 Å². The van der Waals surface area contributed by atoms with E-state index < -0.39 is 0 Å². The number of hydrogen-bond acceptors (Lipinski definition) is 6. The van der Waals surface area contributed by atoms with Gasteiger partial charge in [-0.1, -0.05) is 13.8 Å². The molecule has 7 nitrogen and oxygen atoms in total. The number of aromatic nitrogens is 4. The maximum absolute atomic E-state index is 5.53. The standard InChI is InChI=1S/C14H23N7/c1-9(2)12-18-13(10(3)14(19-12)20-15)16-6-5-11-7-17-21(4)8-11/h7-9H,5-6,15H2,1-4H3,(H2,16,18,19,20). The molecule has 2 aromatic rings. The van der Waals surface area contributed by atoms with Crippen molar-refractivity contribution < 1.29 is 0 Å². The molecule has 0 aliphatic rings. The third-order valence-corrected chi connectivity index (χ3v) is 3.28. The molecule has 0 radical (unpaired) electrons. The van der Waals surface area contributed by atoms with Gasteiger partial charge in [-0.25, -0.2) is 15.8 Å². The first-order valence-electron chi connectivity index (χ1n) is 7.07. The minimum Gasteiger partial charge on any atom is -0.369 e. The molecule has 0 aromatic carbocycles. The Bertz CT molecular complexity index is 603. The van der Waals surface area contributed by atoms with Crippen LogP contribution in [0, 0.1) is 6.92 Å². The summed E-state index contributed by atoms with van der Waals surface area (Å²) in [5, 5.41) is 7.52. The highest BCUT2D eigenvalue weighted by Gasteiger charge is 2.12. The molecule has 0 spiro atoms. The van der Waals surface area contributed by atoms with Crippen LogP contribution in [0.25, 0.3) is 0 Å². The summed E-state index contributed by atoms with van der Waals surface area (Å²) < 4.78 is 1.80. The lowest BCUT2D eigenvalue weighted by Gasteiger charge is -2.14. The average molecular weight is 289 g/mol. The number of nitrogens with one attached hydrogen (secondary N) is 2. The number of aryl methyl sites for hydroxylation is 1.